The van der Waals surface area contributed by atoms with E-state index in [9.17, 15) is 13.2 Å². The van der Waals surface area contributed by atoms with Crippen LogP contribution < -0.4 is 9.62 Å². The molecule has 0 heterocycles. The van der Waals surface area contributed by atoms with Crippen molar-refractivity contribution in [3.8, 4) is 0 Å². The van der Waals surface area contributed by atoms with E-state index in [1.165, 1.54) is 35.4 Å². The van der Waals surface area contributed by atoms with Crippen molar-refractivity contribution in [3.05, 3.63) is 94.5 Å². The lowest BCUT2D eigenvalue weighted by Gasteiger charge is -2.25. The minimum atomic E-state index is -3.96. The van der Waals surface area contributed by atoms with E-state index in [0.717, 1.165) is 29.1 Å². The number of para-hydroxylation sites is 1. The zero-order chi connectivity index (χ0) is 22.7. The third-order valence-electron chi connectivity index (χ3n) is 5.73. The van der Waals surface area contributed by atoms with E-state index in [4.69, 9.17) is 11.6 Å². The van der Waals surface area contributed by atoms with Gasteiger partial charge in [-0.05, 0) is 79.3 Å². The number of benzene rings is 3. The summed E-state index contributed by atoms with van der Waals surface area (Å²) in [6.45, 7) is 1.58. The third kappa shape index (κ3) is 4.81. The van der Waals surface area contributed by atoms with E-state index < -0.39 is 10.0 Å². The molecule has 0 aromatic heterocycles. The van der Waals surface area contributed by atoms with Crippen molar-refractivity contribution in [2.75, 3.05) is 10.8 Å². The molecule has 1 atom stereocenters. The van der Waals surface area contributed by atoms with E-state index >= 15 is 0 Å². The molecular formula is C25H25ClN2O3S. The fourth-order valence-corrected chi connectivity index (χ4v) is 5.55. The van der Waals surface area contributed by atoms with Crippen LogP contribution in [0.4, 0.5) is 5.69 Å². The van der Waals surface area contributed by atoms with Crippen LogP contribution in [-0.4, -0.2) is 20.9 Å². The van der Waals surface area contributed by atoms with Crippen molar-refractivity contribution in [1.82, 2.24) is 5.32 Å². The third-order valence-corrected chi connectivity index (χ3v) is 7.77. The number of amides is 1. The first-order valence-corrected chi connectivity index (χ1v) is 12.4. The highest BCUT2D eigenvalue weighted by atomic mass is 35.5. The molecule has 1 amide bonds. The van der Waals surface area contributed by atoms with Crippen molar-refractivity contribution in [2.45, 2.75) is 37.1 Å². The monoisotopic (exact) mass is 468 g/mol. The highest BCUT2D eigenvalue weighted by molar-refractivity contribution is 7.92. The maximum atomic E-state index is 13.4. The number of anilines is 1. The summed E-state index contributed by atoms with van der Waals surface area (Å²) in [4.78, 5) is 13.0. The summed E-state index contributed by atoms with van der Waals surface area (Å²) >= 11 is 5.92. The molecule has 3 aromatic rings. The first-order valence-electron chi connectivity index (χ1n) is 10.6. The average Bonchev–Trinajstić information content (AvgIpc) is 3.26. The molecule has 32 heavy (non-hydrogen) atoms. The highest BCUT2D eigenvalue weighted by Gasteiger charge is 2.27. The Labute approximate surface area is 194 Å². The second-order valence-electron chi connectivity index (χ2n) is 7.97. The quantitative estimate of drug-likeness (QED) is 0.536. The lowest BCUT2D eigenvalue weighted by Crippen LogP contribution is -2.41. The summed E-state index contributed by atoms with van der Waals surface area (Å²) in [5.41, 5.74) is 4.14. The minimum absolute atomic E-state index is 0.0743. The van der Waals surface area contributed by atoms with Crippen LogP contribution in [0.5, 0.6) is 0 Å². The topological polar surface area (TPSA) is 66.5 Å². The SMILES string of the molecule is C[C@@H](NC(=O)CN(c1ccccc1)S(=O)(=O)c1ccc(Cl)cc1)c1ccc2c(c1)CCC2. The molecule has 0 radical (unpaired) electrons. The number of nitrogens with one attached hydrogen (secondary N) is 1. The molecule has 0 aliphatic heterocycles. The molecule has 0 unspecified atom stereocenters. The van der Waals surface area contributed by atoms with Gasteiger partial charge in [0.25, 0.3) is 10.0 Å². The summed E-state index contributed by atoms with van der Waals surface area (Å²) in [5.74, 6) is -0.376. The lowest BCUT2D eigenvalue weighted by atomic mass is 10.0. The van der Waals surface area contributed by atoms with Crippen LogP contribution in [0.1, 0.15) is 36.1 Å². The van der Waals surface area contributed by atoms with E-state index in [-0.39, 0.29) is 23.4 Å². The van der Waals surface area contributed by atoms with Crippen LogP contribution in [0, 0.1) is 0 Å². The van der Waals surface area contributed by atoms with Crippen molar-refractivity contribution in [1.29, 1.82) is 0 Å². The molecule has 1 N–H and O–H groups in total. The number of aryl methyl sites for hydroxylation is 2. The van der Waals surface area contributed by atoms with E-state index in [1.54, 1.807) is 30.3 Å². The lowest BCUT2D eigenvalue weighted by molar-refractivity contribution is -0.120. The number of nitrogens with zero attached hydrogens (tertiary/aromatic N) is 1. The molecule has 0 spiro atoms. The zero-order valence-electron chi connectivity index (χ0n) is 17.8. The molecule has 3 aromatic carbocycles. The number of hydrogen-bond donors (Lipinski definition) is 1. The van der Waals surface area contributed by atoms with Crippen molar-refractivity contribution in [2.24, 2.45) is 0 Å². The molecule has 166 valence electrons. The first kappa shape index (κ1) is 22.4. The fraction of sp³-hybridized carbons (Fsp3) is 0.240. The fourth-order valence-electron chi connectivity index (χ4n) is 4.01. The number of hydrogen-bond acceptors (Lipinski definition) is 3. The molecule has 7 heteroatoms. The Balaban J connectivity index is 1.56. The Bertz CT molecular complexity index is 1210. The van der Waals surface area contributed by atoms with Gasteiger partial charge in [-0.2, -0.15) is 0 Å². The van der Waals surface area contributed by atoms with Gasteiger partial charge in [-0.3, -0.25) is 9.10 Å². The van der Waals surface area contributed by atoms with E-state index in [0.29, 0.717) is 10.7 Å². The van der Waals surface area contributed by atoms with Crippen molar-refractivity contribution < 1.29 is 13.2 Å². The zero-order valence-corrected chi connectivity index (χ0v) is 19.4. The number of carbonyl (C=O) groups is 1. The van der Waals surface area contributed by atoms with Crippen LogP contribution in [0.25, 0.3) is 0 Å². The summed E-state index contributed by atoms with van der Waals surface area (Å²) < 4.78 is 27.9. The van der Waals surface area contributed by atoms with Crippen LogP contribution >= 0.6 is 11.6 Å². The van der Waals surface area contributed by atoms with Crippen LogP contribution in [0.3, 0.4) is 0 Å². The number of rotatable bonds is 7. The average molecular weight is 469 g/mol. The molecular weight excluding hydrogens is 444 g/mol. The first-order chi connectivity index (χ1) is 15.3. The Morgan fingerprint density at radius 3 is 2.41 bits per heavy atom. The molecule has 0 saturated carbocycles. The van der Waals surface area contributed by atoms with Gasteiger partial charge in [0.05, 0.1) is 16.6 Å². The van der Waals surface area contributed by atoms with Gasteiger partial charge in [0, 0.05) is 5.02 Å². The minimum Gasteiger partial charge on any atom is -0.348 e. The van der Waals surface area contributed by atoms with Gasteiger partial charge in [-0.1, -0.05) is 48.0 Å². The normalized spacial score (nSPS) is 13.9. The van der Waals surface area contributed by atoms with Gasteiger partial charge in [0.1, 0.15) is 6.54 Å². The van der Waals surface area contributed by atoms with E-state index in [2.05, 4.69) is 17.4 Å². The Morgan fingerprint density at radius 2 is 1.69 bits per heavy atom. The molecule has 1 aliphatic rings. The summed E-state index contributed by atoms with van der Waals surface area (Å²) in [5, 5.41) is 3.39. The van der Waals surface area contributed by atoms with Gasteiger partial charge in [-0.25, -0.2) is 8.42 Å². The van der Waals surface area contributed by atoms with Crippen LogP contribution in [-0.2, 0) is 27.7 Å². The highest BCUT2D eigenvalue weighted by Crippen LogP contribution is 2.27. The summed E-state index contributed by atoms with van der Waals surface area (Å²) in [6.07, 6.45) is 3.32. The van der Waals surface area contributed by atoms with Gasteiger partial charge >= 0.3 is 0 Å². The Morgan fingerprint density at radius 1 is 1.00 bits per heavy atom. The van der Waals surface area contributed by atoms with Crippen molar-refractivity contribution in [3.63, 3.8) is 0 Å². The molecule has 4 rings (SSSR count). The smallest absolute Gasteiger partial charge is 0.264 e. The second-order valence-corrected chi connectivity index (χ2v) is 10.3. The maximum absolute atomic E-state index is 13.4. The summed E-state index contributed by atoms with van der Waals surface area (Å²) in [7, 11) is -3.96. The van der Waals surface area contributed by atoms with Gasteiger partial charge in [0.15, 0.2) is 0 Å². The predicted octanol–water partition coefficient (Wildman–Crippen LogP) is 4.90. The standard InChI is InChI=1S/C25H25ClN2O3S/c1-18(20-11-10-19-6-5-7-21(19)16-20)27-25(29)17-28(23-8-3-2-4-9-23)32(30,31)24-14-12-22(26)13-15-24/h2-4,8-16,18H,5-7,17H2,1H3,(H,27,29)/t18-/m1/s1. The summed E-state index contributed by atoms with van der Waals surface area (Å²) in [6, 6.07) is 20.6. The Hall–Kier alpha value is -2.83. The van der Waals surface area contributed by atoms with Gasteiger partial charge in [0.2, 0.25) is 5.91 Å². The van der Waals surface area contributed by atoms with E-state index in [1.807, 2.05) is 13.0 Å². The molecule has 0 bridgehead atoms. The van der Waals surface area contributed by atoms with Crippen LogP contribution in [0.2, 0.25) is 5.02 Å². The van der Waals surface area contributed by atoms with Gasteiger partial charge in [-0.15, -0.1) is 0 Å². The molecule has 5 nitrogen and oxygen atoms in total. The maximum Gasteiger partial charge on any atom is 0.264 e. The molecule has 0 saturated heterocycles. The number of sulfonamides is 1. The number of carbonyl (C=O) groups excluding carboxylic acids is 1. The second kappa shape index (κ2) is 9.35. The largest absolute Gasteiger partial charge is 0.348 e. The van der Waals surface area contributed by atoms with Crippen LogP contribution in [0.15, 0.2) is 77.7 Å². The van der Waals surface area contributed by atoms with Gasteiger partial charge < -0.3 is 5.32 Å². The Kier molecular flexibility index (Phi) is 6.53. The molecule has 0 fully saturated rings. The number of fused-ring (bicyclic) bond motifs is 1. The number of halogens is 1. The molecule has 1 aliphatic carbocycles. The van der Waals surface area contributed by atoms with Crippen molar-refractivity contribution >= 4 is 33.2 Å². The predicted molar refractivity (Wildman–Crippen MR) is 127 cm³/mol.